The Balaban J connectivity index is 1.60. The standard InChI is InChI=1S/C22H21N3/c1-25(2)18-11-9-16(10-12-18)7-8-17-13-20-19-5-3-4-6-21(19)24-15-22(20)23-14-17/h3-6,9-15H,7-8H2,1-2H3. The van der Waals surface area contributed by atoms with Crippen molar-refractivity contribution in [1.82, 2.24) is 9.97 Å². The molecule has 0 saturated heterocycles. The molecular formula is C22H21N3. The minimum absolute atomic E-state index is 0.956. The molecule has 0 aliphatic heterocycles. The predicted octanol–water partition coefficient (Wildman–Crippen LogP) is 4.63. The van der Waals surface area contributed by atoms with Crippen LogP contribution < -0.4 is 4.90 Å². The van der Waals surface area contributed by atoms with Crippen molar-refractivity contribution >= 4 is 27.5 Å². The zero-order valence-corrected chi connectivity index (χ0v) is 14.6. The van der Waals surface area contributed by atoms with Crippen molar-refractivity contribution < 1.29 is 0 Å². The summed E-state index contributed by atoms with van der Waals surface area (Å²) in [6.45, 7) is 0. The van der Waals surface area contributed by atoms with Crippen LogP contribution >= 0.6 is 0 Å². The first kappa shape index (κ1) is 15.6. The molecule has 0 radical (unpaired) electrons. The molecule has 3 nitrogen and oxygen atoms in total. The topological polar surface area (TPSA) is 29.0 Å². The maximum atomic E-state index is 4.61. The van der Waals surface area contributed by atoms with Gasteiger partial charge in [-0.2, -0.15) is 0 Å². The third-order valence-corrected chi connectivity index (χ3v) is 4.65. The molecule has 124 valence electrons. The van der Waals surface area contributed by atoms with Gasteiger partial charge in [0, 0.05) is 36.8 Å². The summed E-state index contributed by atoms with van der Waals surface area (Å²) in [5, 5.41) is 2.36. The van der Waals surface area contributed by atoms with Crippen molar-refractivity contribution in [2.24, 2.45) is 0 Å². The smallest absolute Gasteiger partial charge is 0.0891 e. The van der Waals surface area contributed by atoms with Gasteiger partial charge in [0.1, 0.15) is 0 Å². The second-order valence-electron chi connectivity index (χ2n) is 6.61. The molecule has 2 aromatic carbocycles. The van der Waals surface area contributed by atoms with Crippen LogP contribution in [0.15, 0.2) is 67.0 Å². The fourth-order valence-corrected chi connectivity index (χ4v) is 3.17. The number of aryl methyl sites for hydroxylation is 2. The molecule has 0 aliphatic rings. The molecule has 0 bridgehead atoms. The zero-order chi connectivity index (χ0) is 17.2. The fourth-order valence-electron chi connectivity index (χ4n) is 3.17. The Morgan fingerprint density at radius 3 is 2.24 bits per heavy atom. The van der Waals surface area contributed by atoms with Crippen molar-refractivity contribution in [2.45, 2.75) is 12.8 Å². The van der Waals surface area contributed by atoms with E-state index in [4.69, 9.17) is 0 Å². The van der Waals surface area contributed by atoms with Crippen molar-refractivity contribution in [3.63, 3.8) is 0 Å². The van der Waals surface area contributed by atoms with Crippen molar-refractivity contribution in [3.8, 4) is 0 Å². The van der Waals surface area contributed by atoms with Gasteiger partial charge in [-0.05, 0) is 48.2 Å². The second-order valence-corrected chi connectivity index (χ2v) is 6.61. The molecule has 0 saturated carbocycles. The van der Waals surface area contributed by atoms with Gasteiger partial charge in [0.05, 0.1) is 17.2 Å². The quantitative estimate of drug-likeness (QED) is 0.512. The zero-order valence-electron chi connectivity index (χ0n) is 14.6. The first-order chi connectivity index (χ1) is 12.2. The van der Waals surface area contributed by atoms with E-state index in [0.717, 1.165) is 23.9 Å². The van der Waals surface area contributed by atoms with Crippen molar-refractivity contribution in [3.05, 3.63) is 78.1 Å². The minimum Gasteiger partial charge on any atom is -0.378 e. The first-order valence-corrected chi connectivity index (χ1v) is 8.59. The molecule has 3 heteroatoms. The van der Waals surface area contributed by atoms with E-state index < -0.39 is 0 Å². The molecule has 0 fully saturated rings. The lowest BCUT2D eigenvalue weighted by molar-refractivity contribution is 0.953. The predicted molar refractivity (Wildman–Crippen MR) is 105 cm³/mol. The highest BCUT2D eigenvalue weighted by molar-refractivity contribution is 6.03. The monoisotopic (exact) mass is 327 g/mol. The van der Waals surface area contributed by atoms with E-state index in [2.05, 4.69) is 71.4 Å². The van der Waals surface area contributed by atoms with Crippen LogP contribution in [-0.2, 0) is 12.8 Å². The van der Waals surface area contributed by atoms with Crippen LogP contribution in [0.1, 0.15) is 11.1 Å². The summed E-state index contributed by atoms with van der Waals surface area (Å²) in [7, 11) is 4.13. The number of para-hydroxylation sites is 1. The summed E-state index contributed by atoms with van der Waals surface area (Å²) < 4.78 is 0. The van der Waals surface area contributed by atoms with Gasteiger partial charge in [0.25, 0.3) is 0 Å². The number of rotatable bonds is 4. The lowest BCUT2D eigenvalue weighted by Crippen LogP contribution is -2.08. The van der Waals surface area contributed by atoms with Gasteiger partial charge in [0.15, 0.2) is 0 Å². The average molecular weight is 327 g/mol. The van der Waals surface area contributed by atoms with Crippen LogP contribution in [0, 0.1) is 0 Å². The number of benzene rings is 2. The number of fused-ring (bicyclic) bond motifs is 3. The Morgan fingerprint density at radius 2 is 1.44 bits per heavy atom. The molecule has 0 atom stereocenters. The van der Waals surface area contributed by atoms with Crippen molar-refractivity contribution in [2.75, 3.05) is 19.0 Å². The third kappa shape index (κ3) is 3.18. The number of hydrogen-bond donors (Lipinski definition) is 0. The molecule has 0 unspecified atom stereocenters. The molecule has 25 heavy (non-hydrogen) atoms. The average Bonchev–Trinajstić information content (AvgIpc) is 2.66. The number of aromatic nitrogens is 2. The maximum Gasteiger partial charge on any atom is 0.0891 e. The van der Waals surface area contributed by atoms with Gasteiger partial charge in [0.2, 0.25) is 0 Å². The van der Waals surface area contributed by atoms with Crippen LogP contribution in [0.4, 0.5) is 5.69 Å². The summed E-state index contributed by atoms with van der Waals surface area (Å²) in [5.41, 5.74) is 5.83. The van der Waals surface area contributed by atoms with Gasteiger partial charge >= 0.3 is 0 Å². The summed E-state index contributed by atoms with van der Waals surface area (Å²) in [5.74, 6) is 0. The van der Waals surface area contributed by atoms with Crippen LogP contribution in [0.25, 0.3) is 21.8 Å². The Morgan fingerprint density at radius 1 is 0.720 bits per heavy atom. The lowest BCUT2D eigenvalue weighted by Gasteiger charge is -2.12. The van der Waals surface area contributed by atoms with Gasteiger partial charge in [-0.15, -0.1) is 0 Å². The molecule has 2 heterocycles. The highest BCUT2D eigenvalue weighted by atomic mass is 15.1. The van der Waals surface area contributed by atoms with Gasteiger partial charge in [-0.3, -0.25) is 9.97 Å². The Hall–Kier alpha value is -2.94. The van der Waals surface area contributed by atoms with E-state index in [1.165, 1.54) is 27.6 Å². The first-order valence-electron chi connectivity index (χ1n) is 8.59. The molecule has 0 aliphatic carbocycles. The molecule has 4 aromatic rings. The Kier molecular flexibility index (Phi) is 4.06. The maximum absolute atomic E-state index is 4.61. The Bertz CT molecular complexity index is 1020. The Labute approximate surface area is 148 Å². The largest absolute Gasteiger partial charge is 0.378 e. The van der Waals surface area contributed by atoms with Crippen LogP contribution in [0.3, 0.4) is 0 Å². The van der Waals surface area contributed by atoms with Crippen LogP contribution in [0.2, 0.25) is 0 Å². The number of hydrogen-bond acceptors (Lipinski definition) is 3. The highest BCUT2D eigenvalue weighted by Gasteiger charge is 2.05. The molecular weight excluding hydrogens is 306 g/mol. The SMILES string of the molecule is CN(C)c1ccc(CCc2cnc3cnc4ccccc4c3c2)cc1. The fraction of sp³-hybridized carbons (Fsp3) is 0.182. The highest BCUT2D eigenvalue weighted by Crippen LogP contribution is 2.23. The van der Waals surface area contributed by atoms with Gasteiger partial charge in [-0.1, -0.05) is 30.3 Å². The van der Waals surface area contributed by atoms with Gasteiger partial charge < -0.3 is 4.90 Å². The van der Waals surface area contributed by atoms with E-state index in [0.29, 0.717) is 0 Å². The molecule has 0 N–H and O–H groups in total. The molecule has 0 spiro atoms. The second kappa shape index (κ2) is 6.52. The van der Waals surface area contributed by atoms with E-state index in [9.17, 15) is 0 Å². The summed E-state index contributed by atoms with van der Waals surface area (Å²) in [6, 6.07) is 19.3. The summed E-state index contributed by atoms with van der Waals surface area (Å²) >= 11 is 0. The molecule has 0 amide bonds. The lowest BCUT2D eigenvalue weighted by atomic mass is 10.0. The number of pyridine rings is 2. The normalized spacial score (nSPS) is 11.1. The summed E-state index contributed by atoms with van der Waals surface area (Å²) in [6.07, 6.45) is 5.85. The van der Waals surface area contributed by atoms with Crippen molar-refractivity contribution in [1.29, 1.82) is 0 Å². The summed E-state index contributed by atoms with van der Waals surface area (Å²) in [4.78, 5) is 11.2. The van der Waals surface area contributed by atoms with Gasteiger partial charge in [-0.25, -0.2) is 0 Å². The van der Waals surface area contributed by atoms with E-state index in [1.807, 2.05) is 24.5 Å². The third-order valence-electron chi connectivity index (χ3n) is 4.65. The minimum atomic E-state index is 0.956. The van der Waals surface area contributed by atoms with E-state index in [-0.39, 0.29) is 0 Å². The number of anilines is 1. The van der Waals surface area contributed by atoms with Crippen LogP contribution in [0.5, 0.6) is 0 Å². The molecule has 4 rings (SSSR count). The number of nitrogens with zero attached hydrogens (tertiary/aromatic N) is 3. The van der Waals surface area contributed by atoms with E-state index in [1.54, 1.807) is 0 Å². The van der Waals surface area contributed by atoms with Crippen LogP contribution in [-0.4, -0.2) is 24.1 Å². The van der Waals surface area contributed by atoms with E-state index >= 15 is 0 Å². The molecule has 2 aromatic heterocycles.